The minimum absolute atomic E-state index is 0.00573. The van der Waals surface area contributed by atoms with Gasteiger partial charge in [0.15, 0.2) is 0 Å². The highest BCUT2D eigenvalue weighted by Gasteiger charge is 2.30. The Morgan fingerprint density at radius 3 is 2.55 bits per heavy atom. The van der Waals surface area contributed by atoms with Crippen LogP contribution in [0.1, 0.15) is 27.2 Å². The van der Waals surface area contributed by atoms with Gasteiger partial charge in [0.05, 0.1) is 17.3 Å². The fourth-order valence-electron chi connectivity index (χ4n) is 3.26. The molecule has 2 heterocycles. The molecule has 2 aromatic carbocycles. The molecule has 0 bridgehead atoms. The summed E-state index contributed by atoms with van der Waals surface area (Å²) in [6, 6.07) is 22.5. The molecule has 0 radical (unpaired) electrons. The van der Waals surface area contributed by atoms with Crippen LogP contribution in [0, 0.1) is 11.3 Å². The van der Waals surface area contributed by atoms with Crippen LogP contribution in [-0.2, 0) is 17.9 Å². The Kier molecular flexibility index (Phi) is 5.04. The first kappa shape index (κ1) is 18.4. The maximum absolute atomic E-state index is 12.7. The quantitative estimate of drug-likeness (QED) is 0.735. The lowest BCUT2D eigenvalue weighted by molar-refractivity contribution is -0.122. The van der Waals surface area contributed by atoms with Crippen molar-refractivity contribution in [1.29, 1.82) is 5.26 Å². The summed E-state index contributed by atoms with van der Waals surface area (Å²) in [6.07, 6.45) is 0. The van der Waals surface area contributed by atoms with Gasteiger partial charge in [0.2, 0.25) is 5.91 Å². The molecule has 1 N–H and O–H groups in total. The zero-order valence-corrected chi connectivity index (χ0v) is 15.6. The number of nitriles is 1. The van der Waals surface area contributed by atoms with Gasteiger partial charge in [0.25, 0.3) is 5.91 Å². The van der Waals surface area contributed by atoms with E-state index in [0.29, 0.717) is 30.0 Å². The van der Waals surface area contributed by atoms with Crippen molar-refractivity contribution in [2.45, 2.75) is 13.1 Å². The smallest absolute Gasteiger partial charge is 0.273 e. The van der Waals surface area contributed by atoms with Gasteiger partial charge in [-0.25, -0.2) is 4.98 Å². The van der Waals surface area contributed by atoms with E-state index in [2.05, 4.69) is 16.4 Å². The van der Waals surface area contributed by atoms with Gasteiger partial charge < -0.3 is 10.2 Å². The van der Waals surface area contributed by atoms with E-state index < -0.39 is 0 Å². The molecule has 0 atom stereocenters. The molecule has 6 heteroatoms. The van der Waals surface area contributed by atoms with Crippen LogP contribution < -0.4 is 5.32 Å². The number of hydrogen-bond acceptors (Lipinski definition) is 4. The maximum atomic E-state index is 12.7. The van der Waals surface area contributed by atoms with Crippen molar-refractivity contribution in [3.8, 4) is 17.3 Å². The number of carbonyl (C=O) groups excluding carboxylic acids is 2. The van der Waals surface area contributed by atoms with Gasteiger partial charge in [-0.05, 0) is 23.8 Å². The van der Waals surface area contributed by atoms with Crippen LogP contribution in [0.2, 0.25) is 0 Å². The molecule has 142 valence electrons. The van der Waals surface area contributed by atoms with Crippen molar-refractivity contribution < 1.29 is 9.59 Å². The molecule has 0 unspecified atom stereocenters. The Morgan fingerprint density at radius 2 is 1.83 bits per heavy atom. The summed E-state index contributed by atoms with van der Waals surface area (Å²) >= 11 is 0. The Morgan fingerprint density at radius 1 is 1.07 bits per heavy atom. The standard InChI is InChI=1S/C23H18N4O2/c24-12-16-6-8-18(9-7-16)20-11-10-19-14-27(23(29)22(19)26-20)15-21(28)25-13-17-4-2-1-3-5-17/h1-11H,13-15H2,(H,25,28). The zero-order valence-electron chi connectivity index (χ0n) is 15.6. The van der Waals surface area contributed by atoms with Crippen LogP contribution in [0.15, 0.2) is 66.7 Å². The normalized spacial score (nSPS) is 12.4. The number of nitrogens with one attached hydrogen (secondary N) is 1. The molecule has 0 saturated carbocycles. The lowest BCUT2D eigenvalue weighted by atomic mass is 10.1. The maximum Gasteiger partial charge on any atom is 0.273 e. The molecule has 4 rings (SSSR count). The molecule has 29 heavy (non-hydrogen) atoms. The van der Waals surface area contributed by atoms with E-state index in [4.69, 9.17) is 5.26 Å². The predicted octanol–water partition coefficient (Wildman–Crippen LogP) is 2.89. The molecule has 0 aliphatic carbocycles. The van der Waals surface area contributed by atoms with Crippen LogP contribution in [0.5, 0.6) is 0 Å². The van der Waals surface area contributed by atoms with Crippen LogP contribution in [0.25, 0.3) is 11.3 Å². The molecule has 0 fully saturated rings. The monoisotopic (exact) mass is 382 g/mol. The van der Waals surface area contributed by atoms with Crippen molar-refractivity contribution in [2.24, 2.45) is 0 Å². The first-order valence-electron chi connectivity index (χ1n) is 9.24. The molecule has 1 aliphatic rings. The number of fused-ring (bicyclic) bond motifs is 1. The van der Waals surface area contributed by atoms with Gasteiger partial charge in [-0.1, -0.05) is 48.5 Å². The number of aromatic nitrogens is 1. The molecule has 1 aromatic heterocycles. The summed E-state index contributed by atoms with van der Waals surface area (Å²) in [6.45, 7) is 0.789. The fraction of sp³-hybridized carbons (Fsp3) is 0.130. The number of nitrogens with zero attached hydrogens (tertiary/aromatic N) is 3. The third-order valence-electron chi connectivity index (χ3n) is 4.81. The minimum Gasteiger partial charge on any atom is -0.350 e. The number of rotatable bonds is 5. The summed E-state index contributed by atoms with van der Waals surface area (Å²) in [7, 11) is 0. The molecule has 0 saturated heterocycles. The predicted molar refractivity (Wildman–Crippen MR) is 107 cm³/mol. The van der Waals surface area contributed by atoms with E-state index in [1.807, 2.05) is 54.6 Å². The number of hydrogen-bond donors (Lipinski definition) is 1. The highest BCUT2D eigenvalue weighted by molar-refractivity contribution is 5.99. The zero-order chi connectivity index (χ0) is 20.2. The molecule has 1 aliphatic heterocycles. The fourth-order valence-corrected chi connectivity index (χ4v) is 3.26. The molecular weight excluding hydrogens is 364 g/mol. The molecule has 6 nitrogen and oxygen atoms in total. The Bertz CT molecular complexity index is 1100. The van der Waals surface area contributed by atoms with Crippen molar-refractivity contribution in [1.82, 2.24) is 15.2 Å². The van der Waals surface area contributed by atoms with Crippen molar-refractivity contribution in [3.63, 3.8) is 0 Å². The van der Waals surface area contributed by atoms with Gasteiger partial charge in [-0.2, -0.15) is 5.26 Å². The van der Waals surface area contributed by atoms with Gasteiger partial charge >= 0.3 is 0 Å². The van der Waals surface area contributed by atoms with Crippen LogP contribution in [0.3, 0.4) is 0 Å². The number of pyridine rings is 1. The summed E-state index contributed by atoms with van der Waals surface area (Å²) in [5.74, 6) is -0.451. The molecule has 3 aromatic rings. The van der Waals surface area contributed by atoms with Crippen molar-refractivity contribution in [2.75, 3.05) is 6.54 Å². The topological polar surface area (TPSA) is 86.1 Å². The lowest BCUT2D eigenvalue weighted by Gasteiger charge is -2.14. The first-order chi connectivity index (χ1) is 14.1. The molecule has 2 amide bonds. The second-order valence-electron chi connectivity index (χ2n) is 6.82. The lowest BCUT2D eigenvalue weighted by Crippen LogP contribution is -2.37. The first-order valence-corrected chi connectivity index (χ1v) is 9.24. The SMILES string of the molecule is N#Cc1ccc(-c2ccc3c(n2)C(=O)N(CC(=O)NCc2ccccc2)C3)cc1. The van der Waals surface area contributed by atoms with Gasteiger partial charge in [0.1, 0.15) is 12.2 Å². The van der Waals surface area contributed by atoms with Crippen LogP contribution >= 0.6 is 0 Å². The van der Waals surface area contributed by atoms with Crippen LogP contribution in [0.4, 0.5) is 0 Å². The Labute approximate surface area is 168 Å². The number of carbonyl (C=O) groups is 2. The molecule has 0 spiro atoms. The second kappa shape index (κ2) is 7.95. The van der Waals surface area contributed by atoms with Crippen LogP contribution in [-0.4, -0.2) is 28.2 Å². The van der Waals surface area contributed by atoms with Gasteiger partial charge in [0, 0.05) is 24.2 Å². The Balaban J connectivity index is 1.43. The second-order valence-corrected chi connectivity index (χ2v) is 6.82. The number of benzene rings is 2. The molecular formula is C23H18N4O2. The van der Waals surface area contributed by atoms with E-state index in [1.54, 1.807) is 12.1 Å². The van der Waals surface area contributed by atoms with E-state index in [1.165, 1.54) is 4.90 Å². The highest BCUT2D eigenvalue weighted by Crippen LogP contribution is 2.25. The minimum atomic E-state index is -0.245. The van der Waals surface area contributed by atoms with E-state index >= 15 is 0 Å². The number of amides is 2. The van der Waals surface area contributed by atoms with E-state index in [9.17, 15) is 9.59 Å². The average Bonchev–Trinajstić information content (AvgIpc) is 3.08. The van der Waals surface area contributed by atoms with E-state index in [-0.39, 0.29) is 18.4 Å². The third kappa shape index (κ3) is 3.99. The average molecular weight is 382 g/mol. The summed E-state index contributed by atoms with van der Waals surface area (Å²) < 4.78 is 0. The summed E-state index contributed by atoms with van der Waals surface area (Å²) in [5, 5.41) is 11.8. The van der Waals surface area contributed by atoms with Crippen molar-refractivity contribution in [3.05, 3.63) is 89.1 Å². The summed E-state index contributed by atoms with van der Waals surface area (Å²) in [5.41, 5.74) is 4.26. The van der Waals surface area contributed by atoms with E-state index in [0.717, 1.165) is 16.7 Å². The van der Waals surface area contributed by atoms with Gasteiger partial charge in [-0.15, -0.1) is 0 Å². The highest BCUT2D eigenvalue weighted by atomic mass is 16.2. The summed E-state index contributed by atoms with van der Waals surface area (Å²) in [4.78, 5) is 31.0. The third-order valence-corrected chi connectivity index (χ3v) is 4.81. The van der Waals surface area contributed by atoms with Crippen molar-refractivity contribution >= 4 is 11.8 Å². The van der Waals surface area contributed by atoms with Gasteiger partial charge in [-0.3, -0.25) is 9.59 Å². The Hall–Kier alpha value is -3.98. The largest absolute Gasteiger partial charge is 0.350 e.